The van der Waals surface area contributed by atoms with E-state index in [1.54, 1.807) is 18.2 Å². The molecule has 0 unspecified atom stereocenters. The van der Waals surface area contributed by atoms with E-state index in [0.29, 0.717) is 18.5 Å². The number of imidazole rings is 1. The van der Waals surface area contributed by atoms with Gasteiger partial charge in [0.1, 0.15) is 5.82 Å². The summed E-state index contributed by atoms with van der Waals surface area (Å²) in [6.07, 6.45) is 0.746. The van der Waals surface area contributed by atoms with Crippen LogP contribution in [0.25, 0.3) is 11.0 Å². The molecule has 3 aromatic rings. The van der Waals surface area contributed by atoms with E-state index in [1.807, 2.05) is 29.7 Å². The number of sulfonamides is 1. The normalized spacial score (nSPS) is 12.1. The van der Waals surface area contributed by atoms with Gasteiger partial charge in [0.15, 0.2) is 0 Å². The average Bonchev–Trinajstić information content (AvgIpc) is 3.18. The molecule has 1 aromatic heterocycles. The minimum absolute atomic E-state index is 0.0782. The summed E-state index contributed by atoms with van der Waals surface area (Å²) in [5.74, 6) is 0.688. The van der Waals surface area contributed by atoms with Gasteiger partial charge in [0.25, 0.3) is 0 Å². The van der Waals surface area contributed by atoms with Crippen molar-refractivity contribution in [2.24, 2.45) is 0 Å². The predicted molar refractivity (Wildman–Crippen MR) is 136 cm³/mol. The number of rotatable bonds is 11. The van der Waals surface area contributed by atoms with Gasteiger partial charge in [-0.2, -0.15) is 0 Å². The molecular weight excluding hydrogens is 450 g/mol. The molecule has 0 aliphatic carbocycles. The number of nitrogens with zero attached hydrogens (tertiary/aromatic N) is 4. The lowest BCUT2D eigenvalue weighted by Gasteiger charge is -2.18. The minimum Gasteiger partial charge on any atom is -0.328 e. The fourth-order valence-corrected chi connectivity index (χ4v) is 4.90. The molecule has 0 radical (unpaired) electrons. The topological polar surface area (TPSA) is 87.5 Å². The van der Waals surface area contributed by atoms with Crippen molar-refractivity contribution in [1.29, 1.82) is 0 Å². The lowest BCUT2D eigenvalue weighted by atomic mass is 10.1. The molecule has 1 amide bonds. The Morgan fingerprint density at radius 2 is 1.79 bits per heavy atom. The zero-order chi connectivity index (χ0) is 24.9. The van der Waals surface area contributed by atoms with Crippen molar-refractivity contribution < 1.29 is 13.2 Å². The molecule has 0 aliphatic heterocycles. The third kappa shape index (κ3) is 5.84. The van der Waals surface area contributed by atoms with Crippen LogP contribution in [0.3, 0.4) is 0 Å². The van der Waals surface area contributed by atoms with Crippen LogP contribution in [0, 0.1) is 0 Å². The first-order valence-electron chi connectivity index (χ1n) is 11.7. The smallest absolute Gasteiger partial charge is 0.242 e. The molecule has 0 spiro atoms. The summed E-state index contributed by atoms with van der Waals surface area (Å²) in [7, 11) is -0.522. The van der Waals surface area contributed by atoms with Gasteiger partial charge in [-0.05, 0) is 55.9 Å². The van der Waals surface area contributed by atoms with Gasteiger partial charge in [0.2, 0.25) is 15.9 Å². The van der Waals surface area contributed by atoms with Crippen LogP contribution < -0.4 is 5.32 Å². The monoisotopic (exact) mass is 485 g/mol. The lowest BCUT2D eigenvalue weighted by molar-refractivity contribution is -0.116. The first kappa shape index (κ1) is 25.9. The largest absolute Gasteiger partial charge is 0.328 e. The highest BCUT2D eigenvalue weighted by Gasteiger charge is 2.19. The summed E-state index contributed by atoms with van der Waals surface area (Å²) in [6, 6.07) is 12.9. The van der Waals surface area contributed by atoms with Gasteiger partial charge < -0.3 is 9.88 Å². The number of aromatic nitrogens is 2. The Morgan fingerprint density at radius 3 is 2.44 bits per heavy atom. The maximum Gasteiger partial charge on any atom is 0.242 e. The van der Waals surface area contributed by atoms with Gasteiger partial charge in [0.05, 0.1) is 15.9 Å². The number of hydrogen-bond donors (Lipinski definition) is 1. The Bertz CT molecular complexity index is 1250. The van der Waals surface area contributed by atoms with Crippen LogP contribution in [0.5, 0.6) is 0 Å². The molecule has 0 fully saturated rings. The van der Waals surface area contributed by atoms with E-state index >= 15 is 0 Å². The van der Waals surface area contributed by atoms with Gasteiger partial charge in [-0.1, -0.05) is 26.0 Å². The van der Waals surface area contributed by atoms with Crippen molar-refractivity contribution in [3.63, 3.8) is 0 Å². The first-order chi connectivity index (χ1) is 16.2. The van der Waals surface area contributed by atoms with Crippen molar-refractivity contribution in [3.8, 4) is 0 Å². The maximum absolute atomic E-state index is 12.7. The fraction of sp³-hybridized carbons (Fsp3) is 0.440. The quantitative estimate of drug-likeness (QED) is 0.447. The van der Waals surface area contributed by atoms with Crippen molar-refractivity contribution in [1.82, 2.24) is 18.8 Å². The van der Waals surface area contributed by atoms with Crippen molar-refractivity contribution in [3.05, 3.63) is 53.9 Å². The van der Waals surface area contributed by atoms with Crippen LogP contribution in [0.2, 0.25) is 0 Å². The molecule has 8 nitrogen and oxygen atoms in total. The number of anilines is 1. The highest BCUT2D eigenvalue weighted by Crippen LogP contribution is 2.23. The number of fused-ring (bicyclic) bond motifs is 1. The zero-order valence-electron chi connectivity index (χ0n) is 20.7. The van der Waals surface area contributed by atoms with E-state index in [-0.39, 0.29) is 17.2 Å². The number of benzene rings is 2. The van der Waals surface area contributed by atoms with E-state index < -0.39 is 10.0 Å². The molecule has 2 aromatic carbocycles. The Kier molecular flexibility index (Phi) is 8.46. The van der Waals surface area contributed by atoms with Crippen LogP contribution >= 0.6 is 0 Å². The number of carbonyl (C=O) groups is 1. The molecule has 0 saturated heterocycles. The second-order valence-electron chi connectivity index (χ2n) is 8.42. The standard InChI is InChI=1S/C25H35N5O3S/c1-6-29(7-2)18-19-10-9-11-20(16-19)26-25(31)15-14-24-27-22-17-21(34(32,33)28(4)5)12-13-23(22)30(24)8-3/h9-13,16-17H,6-8,14-15,18H2,1-5H3,(H,26,31). The Labute approximate surface area is 202 Å². The number of carbonyl (C=O) groups excluding carboxylic acids is 1. The van der Waals surface area contributed by atoms with E-state index in [0.717, 1.165) is 42.2 Å². The SMILES string of the molecule is CCN(CC)Cc1cccc(NC(=O)CCc2nc3cc(S(=O)(=O)N(C)C)ccc3n2CC)c1. The summed E-state index contributed by atoms with van der Waals surface area (Å²) in [5, 5.41) is 3.00. The Hall–Kier alpha value is -2.75. The van der Waals surface area contributed by atoms with Gasteiger partial charge in [-0.15, -0.1) is 0 Å². The van der Waals surface area contributed by atoms with E-state index in [2.05, 4.69) is 35.1 Å². The molecule has 184 valence electrons. The van der Waals surface area contributed by atoms with Gasteiger partial charge in [-0.3, -0.25) is 9.69 Å². The van der Waals surface area contributed by atoms with Crippen molar-refractivity contribution >= 4 is 32.7 Å². The highest BCUT2D eigenvalue weighted by molar-refractivity contribution is 7.89. The summed E-state index contributed by atoms with van der Waals surface area (Å²) in [6.45, 7) is 9.78. The Morgan fingerprint density at radius 1 is 1.06 bits per heavy atom. The predicted octanol–water partition coefficient (Wildman–Crippen LogP) is 3.72. The number of nitrogens with one attached hydrogen (secondary N) is 1. The van der Waals surface area contributed by atoms with Crippen LogP contribution in [0.1, 0.15) is 38.6 Å². The first-order valence-corrected chi connectivity index (χ1v) is 13.2. The van der Waals surface area contributed by atoms with Gasteiger partial charge in [0, 0.05) is 45.7 Å². The summed E-state index contributed by atoms with van der Waals surface area (Å²) >= 11 is 0. The van der Waals surface area contributed by atoms with Crippen LogP contribution in [-0.4, -0.2) is 60.3 Å². The summed E-state index contributed by atoms with van der Waals surface area (Å²) in [5.41, 5.74) is 3.43. The third-order valence-electron chi connectivity index (χ3n) is 5.98. The third-order valence-corrected chi connectivity index (χ3v) is 7.79. The van der Waals surface area contributed by atoms with Gasteiger partial charge in [-0.25, -0.2) is 17.7 Å². The molecule has 1 N–H and O–H groups in total. The molecule has 34 heavy (non-hydrogen) atoms. The Balaban J connectivity index is 1.72. The van der Waals surface area contributed by atoms with E-state index in [4.69, 9.17) is 0 Å². The van der Waals surface area contributed by atoms with Gasteiger partial charge >= 0.3 is 0 Å². The highest BCUT2D eigenvalue weighted by atomic mass is 32.2. The van der Waals surface area contributed by atoms with E-state index in [9.17, 15) is 13.2 Å². The average molecular weight is 486 g/mol. The van der Waals surface area contributed by atoms with Crippen molar-refractivity contribution in [2.45, 2.75) is 51.6 Å². The molecule has 0 saturated carbocycles. The number of amides is 1. The van der Waals surface area contributed by atoms with E-state index in [1.165, 1.54) is 18.4 Å². The maximum atomic E-state index is 12.7. The molecule has 0 atom stereocenters. The molecule has 3 rings (SSSR count). The lowest BCUT2D eigenvalue weighted by Crippen LogP contribution is -2.22. The summed E-state index contributed by atoms with van der Waals surface area (Å²) < 4.78 is 28.2. The van der Waals surface area contributed by atoms with Crippen LogP contribution in [0.15, 0.2) is 47.4 Å². The van der Waals surface area contributed by atoms with Crippen molar-refractivity contribution in [2.75, 3.05) is 32.5 Å². The molecule has 0 aliphatic rings. The molecule has 0 bridgehead atoms. The van der Waals surface area contributed by atoms with Crippen LogP contribution in [-0.2, 0) is 34.3 Å². The molecular formula is C25H35N5O3S. The number of hydrogen-bond acceptors (Lipinski definition) is 5. The summed E-state index contributed by atoms with van der Waals surface area (Å²) in [4.78, 5) is 19.9. The van der Waals surface area contributed by atoms with Crippen LogP contribution in [0.4, 0.5) is 5.69 Å². The molecule has 1 heterocycles. The minimum atomic E-state index is -3.54. The zero-order valence-corrected chi connectivity index (χ0v) is 21.5. The number of aryl methyl sites for hydroxylation is 2. The second kappa shape index (κ2) is 11.1. The fourth-order valence-electron chi connectivity index (χ4n) is 3.98. The second-order valence-corrected chi connectivity index (χ2v) is 10.6. The molecule has 9 heteroatoms.